The van der Waals surface area contributed by atoms with Crippen molar-refractivity contribution in [3.63, 3.8) is 0 Å². The molecule has 166 valence electrons. The highest BCUT2D eigenvalue weighted by Gasteiger charge is 2.43. The molecule has 1 atom stereocenters. The number of aryl methyl sites for hydroxylation is 1. The number of tetrazole rings is 1. The van der Waals surface area contributed by atoms with Gasteiger partial charge in [0, 0.05) is 0 Å². The van der Waals surface area contributed by atoms with Gasteiger partial charge in [-0.2, -0.15) is 5.21 Å². The Balaban J connectivity index is 1.45. The van der Waals surface area contributed by atoms with Crippen molar-refractivity contribution in [2.75, 3.05) is 0 Å². The maximum absolute atomic E-state index is 13.2. The normalized spacial score (nSPS) is 15.9. The highest BCUT2D eigenvalue weighted by Crippen LogP contribution is 2.42. The van der Waals surface area contributed by atoms with Gasteiger partial charge in [-0.05, 0) is 42.4 Å². The van der Waals surface area contributed by atoms with E-state index >= 15 is 0 Å². The molecule has 0 unspecified atom stereocenters. The highest BCUT2D eigenvalue weighted by atomic mass is 16.4. The zero-order chi connectivity index (χ0) is 22.4. The number of hydrogen-bond acceptors (Lipinski definition) is 5. The van der Waals surface area contributed by atoms with E-state index in [2.05, 4.69) is 62.3 Å². The molecule has 32 heavy (non-hydrogen) atoms. The molecule has 4 rings (SSSR count). The highest BCUT2D eigenvalue weighted by molar-refractivity contribution is 5.87. The first-order valence-electron chi connectivity index (χ1n) is 11.0. The molecule has 0 bridgehead atoms. The third kappa shape index (κ3) is 5.01. The molecule has 1 aliphatic rings. The minimum absolute atomic E-state index is 0.154. The minimum atomic E-state index is -0.948. The number of nitrogens with zero attached hydrogens (tertiary/aromatic N) is 3. The van der Waals surface area contributed by atoms with Crippen LogP contribution in [0.5, 0.6) is 0 Å². The number of carboxylic acids is 1. The summed E-state index contributed by atoms with van der Waals surface area (Å²) in [7, 11) is 0. The van der Waals surface area contributed by atoms with Gasteiger partial charge >= 0.3 is 5.97 Å². The number of carboxylic acid groups (broad SMARTS) is 1. The summed E-state index contributed by atoms with van der Waals surface area (Å²) in [5.41, 5.74) is 2.59. The molecule has 0 saturated heterocycles. The number of nitrogens with one attached hydrogen (secondary N) is 2. The van der Waals surface area contributed by atoms with Gasteiger partial charge in [0.15, 0.2) is 5.82 Å². The van der Waals surface area contributed by atoms with Gasteiger partial charge in [-0.25, -0.2) is 0 Å². The molecule has 0 aliphatic heterocycles. The molecule has 0 spiro atoms. The van der Waals surface area contributed by atoms with E-state index < -0.39 is 17.4 Å². The van der Waals surface area contributed by atoms with Crippen molar-refractivity contribution in [1.82, 2.24) is 25.9 Å². The van der Waals surface area contributed by atoms with E-state index in [0.29, 0.717) is 31.5 Å². The largest absolute Gasteiger partial charge is 0.481 e. The van der Waals surface area contributed by atoms with E-state index in [9.17, 15) is 14.7 Å². The number of hydrogen-bond donors (Lipinski definition) is 3. The summed E-state index contributed by atoms with van der Waals surface area (Å²) in [6, 6.07) is 18.1. The van der Waals surface area contributed by atoms with Gasteiger partial charge in [-0.15, -0.1) is 10.2 Å². The smallest absolute Gasteiger partial charge is 0.304 e. The van der Waals surface area contributed by atoms with Gasteiger partial charge in [0.2, 0.25) is 5.91 Å². The molecular formula is C24H27N5O3. The molecule has 2 aromatic carbocycles. The quantitative estimate of drug-likeness (QED) is 0.473. The Bertz CT molecular complexity index is 1030. The van der Waals surface area contributed by atoms with Crippen LogP contribution in [0.25, 0.3) is 11.1 Å². The van der Waals surface area contributed by atoms with Crippen LogP contribution in [0.1, 0.15) is 56.0 Å². The van der Waals surface area contributed by atoms with Crippen LogP contribution >= 0.6 is 0 Å². The van der Waals surface area contributed by atoms with Crippen molar-refractivity contribution < 1.29 is 14.7 Å². The van der Waals surface area contributed by atoms with Crippen LogP contribution in [0.3, 0.4) is 0 Å². The first kappa shape index (κ1) is 21.7. The molecule has 1 heterocycles. The Morgan fingerprint density at radius 1 is 1.03 bits per heavy atom. The van der Waals surface area contributed by atoms with Crippen molar-refractivity contribution in [2.24, 2.45) is 5.41 Å². The molecule has 1 aromatic heterocycles. The summed E-state index contributed by atoms with van der Waals surface area (Å²) in [6.45, 7) is 0. The second kappa shape index (κ2) is 9.72. The minimum Gasteiger partial charge on any atom is -0.481 e. The number of benzene rings is 2. The van der Waals surface area contributed by atoms with Crippen LogP contribution in [0.15, 0.2) is 54.6 Å². The lowest BCUT2D eigenvalue weighted by Crippen LogP contribution is -2.42. The SMILES string of the molecule is O=C(O)CC1(C(=O)N[C@@H](CCc2ccc(-c3ccccc3)cc2)c2nn[nH]n2)CCCC1. The fraction of sp³-hybridized carbons (Fsp3) is 0.375. The number of amides is 1. The van der Waals surface area contributed by atoms with Gasteiger partial charge in [-0.3, -0.25) is 9.59 Å². The Kier molecular flexibility index (Phi) is 6.58. The first-order chi connectivity index (χ1) is 15.6. The molecule has 3 aromatic rings. The van der Waals surface area contributed by atoms with Gasteiger partial charge in [-0.1, -0.05) is 72.7 Å². The summed E-state index contributed by atoms with van der Waals surface area (Å²) in [4.78, 5) is 24.6. The average Bonchev–Trinajstić information content (AvgIpc) is 3.50. The Labute approximate surface area is 186 Å². The van der Waals surface area contributed by atoms with E-state index in [-0.39, 0.29) is 12.3 Å². The maximum Gasteiger partial charge on any atom is 0.304 e. The molecule has 1 amide bonds. The fourth-order valence-electron chi connectivity index (χ4n) is 4.53. The van der Waals surface area contributed by atoms with E-state index in [0.717, 1.165) is 29.5 Å². The molecular weight excluding hydrogens is 406 g/mol. The Morgan fingerprint density at radius 3 is 2.34 bits per heavy atom. The number of aromatic amines is 1. The molecule has 3 N–H and O–H groups in total. The van der Waals surface area contributed by atoms with E-state index in [1.165, 1.54) is 0 Å². The number of H-pyrrole nitrogens is 1. The molecule has 8 heteroatoms. The lowest BCUT2D eigenvalue weighted by Gasteiger charge is -2.28. The number of rotatable bonds is 9. The lowest BCUT2D eigenvalue weighted by molar-refractivity contribution is -0.145. The van der Waals surface area contributed by atoms with Gasteiger partial charge in [0.05, 0.1) is 17.9 Å². The standard InChI is InChI=1S/C24H27N5O3/c30-21(31)16-24(14-4-5-15-24)23(32)25-20(22-26-28-29-27-22)13-10-17-8-11-19(12-9-17)18-6-2-1-3-7-18/h1-3,6-9,11-12,20H,4-5,10,13-16H2,(H,25,32)(H,30,31)(H,26,27,28,29)/t20-/m0/s1. The number of aromatic nitrogens is 4. The number of carbonyl (C=O) groups is 2. The summed E-state index contributed by atoms with van der Waals surface area (Å²) < 4.78 is 0. The van der Waals surface area contributed by atoms with Crippen molar-refractivity contribution in [2.45, 2.75) is 51.0 Å². The monoisotopic (exact) mass is 433 g/mol. The Morgan fingerprint density at radius 2 is 1.72 bits per heavy atom. The predicted octanol–water partition coefficient (Wildman–Crippen LogP) is 3.69. The lowest BCUT2D eigenvalue weighted by atomic mass is 9.81. The van der Waals surface area contributed by atoms with E-state index in [1.54, 1.807) is 0 Å². The molecule has 1 aliphatic carbocycles. The van der Waals surface area contributed by atoms with Crippen LogP contribution in [-0.4, -0.2) is 37.6 Å². The second-order valence-electron chi connectivity index (χ2n) is 8.46. The second-order valence-corrected chi connectivity index (χ2v) is 8.46. The van der Waals surface area contributed by atoms with Crippen LogP contribution < -0.4 is 5.32 Å². The molecule has 1 fully saturated rings. The fourth-order valence-corrected chi connectivity index (χ4v) is 4.53. The average molecular weight is 434 g/mol. The zero-order valence-corrected chi connectivity index (χ0v) is 17.8. The number of aliphatic carboxylic acids is 1. The van der Waals surface area contributed by atoms with E-state index in [4.69, 9.17) is 0 Å². The van der Waals surface area contributed by atoms with Crippen LogP contribution in [0, 0.1) is 5.41 Å². The zero-order valence-electron chi connectivity index (χ0n) is 17.8. The number of carbonyl (C=O) groups excluding carboxylic acids is 1. The molecule has 1 saturated carbocycles. The molecule has 8 nitrogen and oxygen atoms in total. The van der Waals surface area contributed by atoms with Gasteiger partial charge < -0.3 is 10.4 Å². The topological polar surface area (TPSA) is 121 Å². The van der Waals surface area contributed by atoms with E-state index in [1.807, 2.05) is 18.2 Å². The molecule has 0 radical (unpaired) electrons. The maximum atomic E-state index is 13.2. The summed E-state index contributed by atoms with van der Waals surface area (Å²) in [5.74, 6) is -0.772. The van der Waals surface area contributed by atoms with Gasteiger partial charge in [0.25, 0.3) is 0 Å². The van der Waals surface area contributed by atoms with Gasteiger partial charge in [0.1, 0.15) is 0 Å². The third-order valence-corrected chi connectivity index (χ3v) is 6.29. The van der Waals surface area contributed by atoms with Crippen molar-refractivity contribution in [3.8, 4) is 11.1 Å². The van der Waals surface area contributed by atoms with Crippen LogP contribution in [-0.2, 0) is 16.0 Å². The van der Waals surface area contributed by atoms with Crippen molar-refractivity contribution >= 4 is 11.9 Å². The Hall–Kier alpha value is -3.55. The van der Waals surface area contributed by atoms with Crippen LogP contribution in [0.4, 0.5) is 0 Å². The van der Waals surface area contributed by atoms with Crippen molar-refractivity contribution in [3.05, 3.63) is 66.0 Å². The first-order valence-corrected chi connectivity index (χ1v) is 11.0. The predicted molar refractivity (Wildman–Crippen MR) is 118 cm³/mol. The summed E-state index contributed by atoms with van der Waals surface area (Å²) in [6.07, 6.45) is 4.04. The summed E-state index contributed by atoms with van der Waals surface area (Å²) in [5, 5.41) is 26.6. The van der Waals surface area contributed by atoms with Crippen LogP contribution in [0.2, 0.25) is 0 Å². The third-order valence-electron chi connectivity index (χ3n) is 6.29. The van der Waals surface area contributed by atoms with Crippen molar-refractivity contribution in [1.29, 1.82) is 0 Å². The summed E-state index contributed by atoms with van der Waals surface area (Å²) >= 11 is 0.